The molecule has 6 heteroatoms. The highest BCUT2D eigenvalue weighted by Crippen LogP contribution is 2.24. The average molecular weight is 388 g/mol. The smallest absolute Gasteiger partial charge is 0.337 e. The van der Waals surface area contributed by atoms with Gasteiger partial charge in [0.2, 0.25) is 0 Å². The number of rotatable bonds is 2. The van der Waals surface area contributed by atoms with Gasteiger partial charge in [0, 0.05) is 16.2 Å². The van der Waals surface area contributed by atoms with E-state index < -0.39 is 5.97 Å². The monoisotopic (exact) mass is 388 g/mol. The van der Waals surface area contributed by atoms with E-state index in [-0.39, 0.29) is 17.6 Å². The first-order chi connectivity index (χ1) is 9.38. The van der Waals surface area contributed by atoms with Gasteiger partial charge in [0.1, 0.15) is 0 Å². The molecule has 108 valence electrons. The largest absolute Gasteiger partial charge is 0.478 e. The molecule has 2 amide bonds. The number of hydrogen-bond acceptors (Lipinski definition) is 2. The summed E-state index contributed by atoms with van der Waals surface area (Å²) in [6.07, 6.45) is 0.978. The SMILES string of the molecule is CC1CC(C)N(C(=O)Nc2ccc(I)cc2C(=O)O)C1. The number of aromatic carboxylic acids is 1. The number of nitrogens with one attached hydrogen (secondary N) is 1. The molecular formula is C14H17IN2O3. The van der Waals surface area contributed by atoms with Crippen LogP contribution in [-0.2, 0) is 0 Å². The van der Waals surface area contributed by atoms with Crippen molar-refractivity contribution in [2.45, 2.75) is 26.3 Å². The number of nitrogens with zero attached hydrogens (tertiary/aromatic N) is 1. The molecule has 1 aromatic carbocycles. The number of anilines is 1. The molecule has 1 fully saturated rings. The lowest BCUT2D eigenvalue weighted by Crippen LogP contribution is -2.37. The van der Waals surface area contributed by atoms with Crippen LogP contribution in [0.25, 0.3) is 0 Å². The Labute approximate surface area is 131 Å². The Hall–Kier alpha value is -1.31. The third kappa shape index (κ3) is 3.23. The molecule has 0 bridgehead atoms. The first-order valence-corrected chi connectivity index (χ1v) is 7.57. The zero-order valence-electron chi connectivity index (χ0n) is 11.4. The molecule has 2 N–H and O–H groups in total. The van der Waals surface area contributed by atoms with Crippen molar-refractivity contribution in [2.75, 3.05) is 11.9 Å². The van der Waals surface area contributed by atoms with E-state index in [1.54, 1.807) is 23.1 Å². The summed E-state index contributed by atoms with van der Waals surface area (Å²) in [6, 6.07) is 4.91. The number of amides is 2. The summed E-state index contributed by atoms with van der Waals surface area (Å²) in [5.74, 6) is -0.562. The van der Waals surface area contributed by atoms with Crippen LogP contribution in [0.5, 0.6) is 0 Å². The molecule has 5 nitrogen and oxygen atoms in total. The van der Waals surface area contributed by atoms with E-state index >= 15 is 0 Å². The van der Waals surface area contributed by atoms with E-state index in [9.17, 15) is 14.7 Å². The molecule has 2 rings (SSSR count). The minimum atomic E-state index is -1.04. The van der Waals surface area contributed by atoms with E-state index in [0.29, 0.717) is 18.2 Å². The summed E-state index contributed by atoms with van der Waals surface area (Å²) in [7, 11) is 0. The topological polar surface area (TPSA) is 69.6 Å². The average Bonchev–Trinajstić information content (AvgIpc) is 2.70. The van der Waals surface area contributed by atoms with Crippen LogP contribution in [0, 0.1) is 9.49 Å². The Morgan fingerprint density at radius 2 is 2.10 bits per heavy atom. The molecule has 0 spiro atoms. The van der Waals surface area contributed by atoms with Crippen molar-refractivity contribution >= 4 is 40.3 Å². The van der Waals surface area contributed by atoms with E-state index in [4.69, 9.17) is 0 Å². The molecule has 1 saturated heterocycles. The molecule has 1 aliphatic rings. The molecule has 0 radical (unpaired) electrons. The maximum absolute atomic E-state index is 12.3. The van der Waals surface area contributed by atoms with Gasteiger partial charge >= 0.3 is 12.0 Å². The van der Waals surface area contributed by atoms with Crippen LogP contribution in [0.2, 0.25) is 0 Å². The number of carbonyl (C=O) groups excluding carboxylic acids is 1. The van der Waals surface area contributed by atoms with Gasteiger partial charge in [0.05, 0.1) is 11.3 Å². The van der Waals surface area contributed by atoms with Gasteiger partial charge in [-0.1, -0.05) is 6.92 Å². The van der Waals surface area contributed by atoms with Gasteiger partial charge in [-0.2, -0.15) is 0 Å². The number of likely N-dealkylation sites (tertiary alicyclic amines) is 1. The van der Waals surface area contributed by atoms with Crippen LogP contribution < -0.4 is 5.32 Å². The molecule has 0 aromatic heterocycles. The Bertz CT molecular complexity index is 547. The normalized spacial score (nSPS) is 21.9. The molecule has 1 aromatic rings. The fourth-order valence-electron chi connectivity index (χ4n) is 2.57. The predicted molar refractivity (Wildman–Crippen MR) is 85.1 cm³/mol. The number of carboxylic acids is 1. The summed E-state index contributed by atoms with van der Waals surface area (Å²) < 4.78 is 0.821. The highest BCUT2D eigenvalue weighted by molar-refractivity contribution is 14.1. The number of halogens is 1. The zero-order chi connectivity index (χ0) is 14.9. The second-order valence-corrected chi connectivity index (χ2v) is 6.51. The summed E-state index contributed by atoms with van der Waals surface area (Å²) in [5, 5.41) is 11.9. The van der Waals surface area contributed by atoms with Crippen LogP contribution in [0.4, 0.5) is 10.5 Å². The highest BCUT2D eigenvalue weighted by Gasteiger charge is 2.30. The van der Waals surface area contributed by atoms with E-state index in [0.717, 1.165) is 9.99 Å². The molecular weight excluding hydrogens is 371 g/mol. The molecule has 2 atom stereocenters. The fraction of sp³-hybridized carbons (Fsp3) is 0.429. The summed E-state index contributed by atoms with van der Waals surface area (Å²) in [6.45, 7) is 4.83. The molecule has 20 heavy (non-hydrogen) atoms. The van der Waals surface area contributed by atoms with Crippen LogP contribution in [-0.4, -0.2) is 34.6 Å². The summed E-state index contributed by atoms with van der Waals surface area (Å²) in [4.78, 5) is 25.2. The van der Waals surface area contributed by atoms with Gasteiger partial charge < -0.3 is 15.3 Å². The number of carbonyl (C=O) groups is 2. The predicted octanol–water partition coefficient (Wildman–Crippen LogP) is 3.25. The Balaban J connectivity index is 2.18. The third-order valence-electron chi connectivity index (χ3n) is 3.50. The third-order valence-corrected chi connectivity index (χ3v) is 4.17. The van der Waals surface area contributed by atoms with Gasteiger partial charge in [-0.05, 0) is 60.1 Å². The van der Waals surface area contributed by atoms with Gasteiger partial charge in [-0.25, -0.2) is 9.59 Å². The van der Waals surface area contributed by atoms with E-state index in [2.05, 4.69) is 12.2 Å². The maximum atomic E-state index is 12.3. The lowest BCUT2D eigenvalue weighted by Gasteiger charge is -2.22. The molecule has 1 aliphatic heterocycles. The fourth-order valence-corrected chi connectivity index (χ4v) is 3.06. The van der Waals surface area contributed by atoms with Crippen molar-refractivity contribution in [3.63, 3.8) is 0 Å². The minimum absolute atomic E-state index is 0.116. The van der Waals surface area contributed by atoms with Crippen molar-refractivity contribution in [3.05, 3.63) is 27.3 Å². The second-order valence-electron chi connectivity index (χ2n) is 5.27. The van der Waals surface area contributed by atoms with Gasteiger partial charge in [-0.3, -0.25) is 0 Å². The molecule has 0 saturated carbocycles. The van der Waals surface area contributed by atoms with Crippen molar-refractivity contribution in [1.82, 2.24) is 4.90 Å². The van der Waals surface area contributed by atoms with Gasteiger partial charge in [-0.15, -0.1) is 0 Å². The standard InChI is InChI=1S/C14H17IN2O3/c1-8-5-9(2)17(7-8)14(20)16-12-4-3-10(15)6-11(12)13(18)19/h3-4,6,8-9H,5,7H2,1-2H3,(H,16,20)(H,18,19). The van der Waals surface area contributed by atoms with Crippen LogP contribution in [0.15, 0.2) is 18.2 Å². The van der Waals surface area contributed by atoms with E-state index in [1.165, 1.54) is 0 Å². The molecule has 1 heterocycles. The lowest BCUT2D eigenvalue weighted by molar-refractivity contribution is 0.0698. The second kappa shape index (κ2) is 5.99. The minimum Gasteiger partial charge on any atom is -0.478 e. The Morgan fingerprint density at radius 3 is 2.65 bits per heavy atom. The molecule has 2 unspecified atom stereocenters. The van der Waals surface area contributed by atoms with E-state index in [1.807, 2.05) is 29.5 Å². The van der Waals surface area contributed by atoms with Crippen molar-refractivity contribution in [2.24, 2.45) is 5.92 Å². The number of benzene rings is 1. The number of carboxylic acid groups (broad SMARTS) is 1. The zero-order valence-corrected chi connectivity index (χ0v) is 13.5. The lowest BCUT2D eigenvalue weighted by atomic mass is 10.1. The summed E-state index contributed by atoms with van der Waals surface area (Å²) >= 11 is 2.05. The highest BCUT2D eigenvalue weighted by atomic mass is 127. The summed E-state index contributed by atoms with van der Waals surface area (Å²) in [5.41, 5.74) is 0.458. The number of urea groups is 1. The van der Waals surface area contributed by atoms with Crippen LogP contribution in [0.1, 0.15) is 30.6 Å². The van der Waals surface area contributed by atoms with Crippen molar-refractivity contribution in [1.29, 1.82) is 0 Å². The van der Waals surface area contributed by atoms with Crippen LogP contribution >= 0.6 is 22.6 Å². The maximum Gasteiger partial charge on any atom is 0.337 e. The molecule has 0 aliphatic carbocycles. The van der Waals surface area contributed by atoms with Crippen molar-refractivity contribution < 1.29 is 14.7 Å². The Kier molecular flexibility index (Phi) is 4.52. The van der Waals surface area contributed by atoms with Crippen molar-refractivity contribution in [3.8, 4) is 0 Å². The number of hydrogen-bond donors (Lipinski definition) is 2. The Morgan fingerprint density at radius 1 is 1.40 bits per heavy atom. The van der Waals surface area contributed by atoms with Crippen LogP contribution in [0.3, 0.4) is 0 Å². The first-order valence-electron chi connectivity index (χ1n) is 6.49. The van der Waals surface area contributed by atoms with Gasteiger partial charge in [0.25, 0.3) is 0 Å². The quantitative estimate of drug-likeness (QED) is 0.765. The van der Waals surface area contributed by atoms with Gasteiger partial charge in [0.15, 0.2) is 0 Å². The first kappa shape index (κ1) is 15.1.